The molecule has 1 aromatic carbocycles. The third kappa shape index (κ3) is 4.15. The number of hydrogen-bond donors (Lipinski definition) is 0. The molecule has 3 aromatic rings. The minimum atomic E-state index is -4.51. The number of hydrogen-bond acceptors (Lipinski definition) is 5. The van der Waals surface area contributed by atoms with Crippen molar-refractivity contribution in [2.24, 2.45) is 0 Å². The highest BCUT2D eigenvalue weighted by Gasteiger charge is 2.32. The van der Waals surface area contributed by atoms with Gasteiger partial charge >= 0.3 is 6.18 Å². The van der Waals surface area contributed by atoms with Gasteiger partial charge in [0.2, 0.25) is 0 Å². The van der Waals surface area contributed by atoms with Crippen molar-refractivity contribution in [2.45, 2.75) is 22.9 Å². The number of nitrogens with zero attached hydrogens (tertiary/aromatic N) is 4. The van der Waals surface area contributed by atoms with Gasteiger partial charge in [-0.3, -0.25) is 4.57 Å². The van der Waals surface area contributed by atoms with Gasteiger partial charge in [0.15, 0.2) is 11.0 Å². The fourth-order valence-electron chi connectivity index (χ4n) is 2.43. The van der Waals surface area contributed by atoms with Gasteiger partial charge in [0.25, 0.3) is 0 Å². The average Bonchev–Trinajstić information content (AvgIpc) is 3.05. The van der Waals surface area contributed by atoms with Crippen molar-refractivity contribution in [3.63, 3.8) is 0 Å². The lowest BCUT2D eigenvalue weighted by Gasteiger charge is -2.11. The highest BCUT2D eigenvalue weighted by Crippen LogP contribution is 2.37. The van der Waals surface area contributed by atoms with Crippen LogP contribution in [0.15, 0.2) is 59.4 Å². The highest BCUT2D eigenvalue weighted by molar-refractivity contribution is 7.99. The second kappa shape index (κ2) is 8.24. The molecule has 28 heavy (non-hydrogen) atoms. The largest absolute Gasteiger partial charge is 0.496 e. The van der Waals surface area contributed by atoms with E-state index < -0.39 is 11.7 Å². The van der Waals surface area contributed by atoms with E-state index in [2.05, 4.69) is 21.8 Å². The fraction of sp³-hybridized carbons (Fsp3) is 0.167. The number of para-hydroxylation sites is 1. The van der Waals surface area contributed by atoms with E-state index in [1.54, 1.807) is 23.8 Å². The zero-order chi connectivity index (χ0) is 20.3. The number of methoxy groups -OCH3 is 1. The summed E-state index contributed by atoms with van der Waals surface area (Å²) in [5, 5.41) is 8.84. The molecule has 0 spiro atoms. The molecule has 3 rings (SSSR count). The van der Waals surface area contributed by atoms with Crippen molar-refractivity contribution in [1.82, 2.24) is 19.7 Å². The van der Waals surface area contributed by atoms with Gasteiger partial charge in [-0.1, -0.05) is 29.8 Å². The van der Waals surface area contributed by atoms with E-state index in [4.69, 9.17) is 16.3 Å². The second-order valence-corrected chi connectivity index (χ2v) is 6.88. The molecule has 2 aromatic heterocycles. The van der Waals surface area contributed by atoms with E-state index in [1.165, 1.54) is 0 Å². The molecule has 0 aliphatic heterocycles. The van der Waals surface area contributed by atoms with E-state index in [0.29, 0.717) is 23.3 Å². The molecule has 0 bridgehead atoms. The molecule has 0 saturated carbocycles. The molecule has 2 heterocycles. The predicted molar refractivity (Wildman–Crippen MR) is 101 cm³/mol. The Kier molecular flexibility index (Phi) is 5.95. The van der Waals surface area contributed by atoms with Gasteiger partial charge < -0.3 is 4.74 Å². The van der Waals surface area contributed by atoms with Crippen molar-refractivity contribution in [2.75, 3.05) is 7.11 Å². The Bertz CT molecular complexity index is 1010. The Morgan fingerprint density at radius 3 is 2.68 bits per heavy atom. The standard InChI is InChI=1S/C18H14ClF3N4OS/c1-3-8-26-15(12-6-4-5-7-14(12)27-2)24-25-17(26)28-16-13(19)9-11(10-23-16)18(20,21)22/h3-7,9-10H,1,8H2,2H3. The van der Waals surface area contributed by atoms with Crippen LogP contribution >= 0.6 is 23.4 Å². The van der Waals surface area contributed by atoms with Crippen LogP contribution < -0.4 is 4.74 Å². The predicted octanol–water partition coefficient (Wildman–Crippen LogP) is 5.36. The van der Waals surface area contributed by atoms with Gasteiger partial charge in [0, 0.05) is 12.7 Å². The summed E-state index contributed by atoms with van der Waals surface area (Å²) >= 11 is 7.02. The summed E-state index contributed by atoms with van der Waals surface area (Å²) in [5.41, 5.74) is -0.193. The molecule has 0 radical (unpaired) electrons. The summed E-state index contributed by atoms with van der Waals surface area (Å²) in [4.78, 5) is 3.84. The van der Waals surface area contributed by atoms with Gasteiger partial charge in [-0.2, -0.15) is 13.2 Å². The van der Waals surface area contributed by atoms with Gasteiger partial charge in [-0.05, 0) is 30.0 Å². The first-order valence-electron chi connectivity index (χ1n) is 7.93. The van der Waals surface area contributed by atoms with Crippen LogP contribution in [0.2, 0.25) is 5.02 Å². The Morgan fingerprint density at radius 2 is 2.04 bits per heavy atom. The lowest BCUT2D eigenvalue weighted by atomic mass is 10.2. The van der Waals surface area contributed by atoms with Crippen molar-refractivity contribution >= 4 is 23.4 Å². The maximum absolute atomic E-state index is 12.8. The lowest BCUT2D eigenvalue weighted by Crippen LogP contribution is -2.06. The summed E-state index contributed by atoms with van der Waals surface area (Å²) in [7, 11) is 1.55. The minimum absolute atomic E-state index is 0.119. The Balaban J connectivity index is 2.00. The van der Waals surface area contributed by atoms with E-state index in [-0.39, 0.29) is 10.0 Å². The quantitative estimate of drug-likeness (QED) is 0.497. The number of benzene rings is 1. The third-order valence-corrected chi connectivity index (χ3v) is 5.10. The topological polar surface area (TPSA) is 52.8 Å². The van der Waals surface area contributed by atoms with E-state index in [1.807, 2.05) is 18.2 Å². The normalized spacial score (nSPS) is 11.5. The van der Waals surface area contributed by atoms with Crippen molar-refractivity contribution < 1.29 is 17.9 Å². The molecule has 5 nitrogen and oxygen atoms in total. The van der Waals surface area contributed by atoms with E-state index >= 15 is 0 Å². The van der Waals surface area contributed by atoms with Crippen LogP contribution in [0.25, 0.3) is 11.4 Å². The molecule has 0 unspecified atom stereocenters. The zero-order valence-electron chi connectivity index (χ0n) is 14.6. The molecule has 0 atom stereocenters. The molecule has 0 amide bonds. The number of ether oxygens (including phenoxy) is 1. The fourth-order valence-corrected chi connectivity index (χ4v) is 3.50. The lowest BCUT2D eigenvalue weighted by molar-refractivity contribution is -0.137. The Hall–Kier alpha value is -2.52. The minimum Gasteiger partial charge on any atom is -0.496 e. The van der Waals surface area contributed by atoms with Crippen molar-refractivity contribution in [3.05, 3.63) is 59.8 Å². The molecule has 0 N–H and O–H groups in total. The molecular weight excluding hydrogens is 413 g/mol. The SMILES string of the molecule is C=CCn1c(Sc2ncc(C(F)(F)F)cc2Cl)nnc1-c1ccccc1OC. The number of allylic oxidation sites excluding steroid dienone is 1. The maximum atomic E-state index is 12.8. The maximum Gasteiger partial charge on any atom is 0.417 e. The molecular formula is C18H14ClF3N4OS. The van der Waals surface area contributed by atoms with Gasteiger partial charge in [0.1, 0.15) is 10.8 Å². The molecule has 146 valence electrons. The van der Waals surface area contributed by atoms with Crippen LogP contribution in [0, 0.1) is 0 Å². The average molecular weight is 427 g/mol. The zero-order valence-corrected chi connectivity index (χ0v) is 16.1. The van der Waals surface area contributed by atoms with Crippen LogP contribution in [0.4, 0.5) is 13.2 Å². The number of pyridine rings is 1. The smallest absolute Gasteiger partial charge is 0.417 e. The Labute approximate surface area is 168 Å². The molecule has 10 heteroatoms. The number of rotatable bonds is 6. The monoisotopic (exact) mass is 426 g/mol. The molecule has 0 saturated heterocycles. The summed E-state index contributed by atoms with van der Waals surface area (Å²) in [6.07, 6.45) is -2.11. The van der Waals surface area contributed by atoms with Crippen LogP contribution in [0.5, 0.6) is 5.75 Å². The van der Waals surface area contributed by atoms with Gasteiger partial charge in [-0.15, -0.1) is 16.8 Å². The summed E-state index contributed by atoms with van der Waals surface area (Å²) in [6, 6.07) is 8.14. The molecule has 0 aliphatic carbocycles. The van der Waals surface area contributed by atoms with Gasteiger partial charge in [0.05, 0.1) is 23.3 Å². The summed E-state index contributed by atoms with van der Waals surface area (Å²) < 4.78 is 45.5. The van der Waals surface area contributed by atoms with Crippen LogP contribution in [0.1, 0.15) is 5.56 Å². The van der Waals surface area contributed by atoms with Crippen LogP contribution in [0.3, 0.4) is 0 Å². The first kappa shape index (κ1) is 20.2. The van der Waals surface area contributed by atoms with E-state index in [0.717, 1.165) is 29.6 Å². The van der Waals surface area contributed by atoms with Crippen molar-refractivity contribution in [1.29, 1.82) is 0 Å². The molecule has 0 aliphatic rings. The van der Waals surface area contributed by atoms with Gasteiger partial charge in [-0.25, -0.2) is 4.98 Å². The molecule has 0 fully saturated rings. The van der Waals surface area contributed by atoms with Crippen LogP contribution in [-0.4, -0.2) is 26.9 Å². The summed E-state index contributed by atoms with van der Waals surface area (Å²) in [6.45, 7) is 4.11. The highest BCUT2D eigenvalue weighted by atomic mass is 35.5. The second-order valence-electron chi connectivity index (χ2n) is 5.52. The Morgan fingerprint density at radius 1 is 1.29 bits per heavy atom. The van der Waals surface area contributed by atoms with E-state index in [9.17, 15) is 13.2 Å². The third-order valence-electron chi connectivity index (χ3n) is 3.70. The van der Waals surface area contributed by atoms with Crippen LogP contribution in [-0.2, 0) is 12.7 Å². The summed E-state index contributed by atoms with van der Waals surface area (Å²) in [5.74, 6) is 1.14. The van der Waals surface area contributed by atoms with Crippen molar-refractivity contribution in [3.8, 4) is 17.1 Å². The number of aromatic nitrogens is 4. The number of halogens is 4. The first-order chi connectivity index (χ1) is 13.3. The first-order valence-corrected chi connectivity index (χ1v) is 9.12. The number of alkyl halides is 3.